The smallest absolute Gasteiger partial charge is 0.243 e. The zero-order chi connectivity index (χ0) is 19.6. The molecule has 0 radical (unpaired) electrons. The molecule has 0 unspecified atom stereocenters. The van der Waals surface area contributed by atoms with Crippen LogP contribution in [0.2, 0.25) is 5.02 Å². The summed E-state index contributed by atoms with van der Waals surface area (Å²) >= 11 is 7.99. The van der Waals surface area contributed by atoms with Crippen molar-refractivity contribution in [3.05, 3.63) is 56.9 Å². The molecule has 0 aliphatic carbocycles. The Balaban J connectivity index is 1.80. The van der Waals surface area contributed by atoms with Crippen LogP contribution in [0, 0.1) is 3.57 Å². The van der Waals surface area contributed by atoms with Gasteiger partial charge in [0.1, 0.15) is 5.75 Å². The number of aromatic nitrogens is 2. The molecule has 3 rings (SSSR count). The molecule has 0 N–H and O–H groups in total. The van der Waals surface area contributed by atoms with Crippen molar-refractivity contribution in [2.24, 2.45) is 0 Å². The predicted molar refractivity (Wildman–Crippen MR) is 109 cm³/mol. The lowest BCUT2D eigenvalue weighted by Gasteiger charge is -2.15. The lowest BCUT2D eigenvalue weighted by atomic mass is 10.2. The summed E-state index contributed by atoms with van der Waals surface area (Å²) in [7, 11) is -0.736. The molecule has 0 aliphatic rings. The molecular formula is C17H15ClIN3O4S. The molecule has 0 fully saturated rings. The summed E-state index contributed by atoms with van der Waals surface area (Å²) in [5.41, 5.74) is 0.688. The van der Waals surface area contributed by atoms with Crippen molar-refractivity contribution >= 4 is 44.2 Å². The fraction of sp³-hybridized carbons (Fsp3) is 0.176. The van der Waals surface area contributed by atoms with E-state index in [0.717, 1.165) is 4.31 Å². The van der Waals surface area contributed by atoms with E-state index >= 15 is 0 Å². The van der Waals surface area contributed by atoms with Gasteiger partial charge in [-0.1, -0.05) is 28.9 Å². The summed E-state index contributed by atoms with van der Waals surface area (Å²) in [6.45, 7) is -0.0570. The van der Waals surface area contributed by atoms with Gasteiger partial charge in [-0.3, -0.25) is 0 Å². The van der Waals surface area contributed by atoms with Crippen LogP contribution in [0.3, 0.4) is 0 Å². The van der Waals surface area contributed by atoms with Gasteiger partial charge >= 0.3 is 0 Å². The molecule has 0 aliphatic heterocycles. The highest BCUT2D eigenvalue weighted by molar-refractivity contribution is 14.1. The van der Waals surface area contributed by atoms with Crippen LogP contribution < -0.4 is 4.74 Å². The number of hydrogen-bond acceptors (Lipinski definition) is 6. The van der Waals surface area contributed by atoms with E-state index in [1.165, 1.54) is 20.2 Å². The van der Waals surface area contributed by atoms with Crippen molar-refractivity contribution < 1.29 is 17.7 Å². The third-order valence-electron chi connectivity index (χ3n) is 3.74. The van der Waals surface area contributed by atoms with Crippen LogP contribution in [0.15, 0.2) is 51.9 Å². The van der Waals surface area contributed by atoms with Gasteiger partial charge in [-0.2, -0.15) is 9.29 Å². The first-order valence-corrected chi connectivity index (χ1v) is 10.6. The summed E-state index contributed by atoms with van der Waals surface area (Å²) < 4.78 is 37.8. The van der Waals surface area contributed by atoms with E-state index in [-0.39, 0.29) is 17.3 Å². The molecule has 10 heteroatoms. The minimum Gasteiger partial charge on any atom is -0.496 e. The van der Waals surface area contributed by atoms with Gasteiger partial charge in [0.15, 0.2) is 0 Å². The Morgan fingerprint density at radius 2 is 2.04 bits per heavy atom. The van der Waals surface area contributed by atoms with E-state index in [0.29, 0.717) is 25.7 Å². The van der Waals surface area contributed by atoms with E-state index in [4.69, 9.17) is 20.9 Å². The third-order valence-corrected chi connectivity index (χ3v) is 6.62. The van der Waals surface area contributed by atoms with Crippen LogP contribution in [0.4, 0.5) is 0 Å². The second-order valence-corrected chi connectivity index (χ2v) is 9.22. The standard InChI is InChI=1S/C17H15ClIN3O4S/c1-22(27(23,24)13-6-7-15(25-2)14(19)9-13)10-16-20-17(21-26-16)11-4-3-5-12(18)8-11/h3-9H,10H2,1-2H3. The van der Waals surface area contributed by atoms with E-state index in [1.807, 2.05) is 22.6 Å². The molecule has 0 saturated carbocycles. The number of halogens is 2. The van der Waals surface area contributed by atoms with Crippen molar-refractivity contribution in [2.75, 3.05) is 14.2 Å². The largest absolute Gasteiger partial charge is 0.496 e. The third kappa shape index (κ3) is 4.42. The zero-order valence-corrected chi connectivity index (χ0v) is 18.1. The first-order valence-electron chi connectivity index (χ1n) is 7.69. The fourth-order valence-corrected chi connectivity index (χ4v) is 4.61. The van der Waals surface area contributed by atoms with E-state index in [9.17, 15) is 8.42 Å². The lowest BCUT2D eigenvalue weighted by molar-refractivity contribution is 0.336. The Morgan fingerprint density at radius 3 is 2.70 bits per heavy atom. The number of sulfonamides is 1. The van der Waals surface area contributed by atoms with Crippen molar-refractivity contribution in [3.8, 4) is 17.1 Å². The molecule has 0 amide bonds. The molecule has 0 spiro atoms. The molecule has 3 aromatic rings. The van der Waals surface area contributed by atoms with Crippen molar-refractivity contribution in [2.45, 2.75) is 11.4 Å². The summed E-state index contributed by atoms with van der Waals surface area (Å²) in [5.74, 6) is 1.14. The average Bonchev–Trinajstić information content (AvgIpc) is 3.10. The van der Waals surface area contributed by atoms with Gasteiger partial charge in [-0.25, -0.2) is 8.42 Å². The van der Waals surface area contributed by atoms with Crippen LogP contribution >= 0.6 is 34.2 Å². The zero-order valence-electron chi connectivity index (χ0n) is 14.4. The van der Waals surface area contributed by atoms with E-state index < -0.39 is 10.0 Å². The SMILES string of the molecule is COc1ccc(S(=O)(=O)N(C)Cc2nc(-c3cccc(Cl)c3)no2)cc1I. The quantitative estimate of drug-likeness (QED) is 0.460. The normalized spacial score (nSPS) is 11.7. The first-order chi connectivity index (χ1) is 12.8. The molecule has 0 bridgehead atoms. The minimum absolute atomic E-state index is 0.0570. The lowest BCUT2D eigenvalue weighted by Crippen LogP contribution is -2.26. The van der Waals surface area contributed by atoms with Crippen LogP contribution in [0.5, 0.6) is 5.75 Å². The van der Waals surface area contributed by atoms with Gasteiger partial charge in [0.2, 0.25) is 21.7 Å². The molecule has 1 aromatic heterocycles. The monoisotopic (exact) mass is 519 g/mol. The van der Waals surface area contributed by atoms with Gasteiger partial charge < -0.3 is 9.26 Å². The highest BCUT2D eigenvalue weighted by atomic mass is 127. The van der Waals surface area contributed by atoms with E-state index in [2.05, 4.69) is 10.1 Å². The van der Waals surface area contributed by atoms with Crippen LogP contribution in [-0.4, -0.2) is 37.0 Å². The summed E-state index contributed by atoms with van der Waals surface area (Å²) in [5, 5.41) is 4.44. The Hall–Kier alpha value is -1.69. The Bertz CT molecular complexity index is 1070. The maximum absolute atomic E-state index is 12.8. The molecule has 142 valence electrons. The molecule has 2 aromatic carbocycles. The topological polar surface area (TPSA) is 85.5 Å². The summed E-state index contributed by atoms with van der Waals surface area (Å²) in [6.07, 6.45) is 0. The number of methoxy groups -OCH3 is 1. The van der Waals surface area contributed by atoms with Crippen molar-refractivity contribution in [1.82, 2.24) is 14.4 Å². The van der Waals surface area contributed by atoms with Crippen LogP contribution in [0.1, 0.15) is 5.89 Å². The number of hydrogen-bond donors (Lipinski definition) is 0. The Labute approximate surface area is 175 Å². The van der Waals surface area contributed by atoms with Crippen LogP contribution in [-0.2, 0) is 16.6 Å². The number of rotatable bonds is 6. The van der Waals surface area contributed by atoms with Gasteiger partial charge in [0.25, 0.3) is 0 Å². The van der Waals surface area contributed by atoms with E-state index in [1.54, 1.807) is 36.4 Å². The number of ether oxygens (including phenoxy) is 1. The summed E-state index contributed by atoms with van der Waals surface area (Å²) in [4.78, 5) is 4.41. The average molecular weight is 520 g/mol. The number of nitrogens with zero attached hydrogens (tertiary/aromatic N) is 3. The van der Waals surface area contributed by atoms with Gasteiger partial charge in [-0.05, 0) is 52.9 Å². The second-order valence-electron chi connectivity index (χ2n) is 5.58. The molecule has 7 nitrogen and oxygen atoms in total. The van der Waals surface area contributed by atoms with Crippen molar-refractivity contribution in [1.29, 1.82) is 0 Å². The van der Waals surface area contributed by atoms with Crippen LogP contribution in [0.25, 0.3) is 11.4 Å². The predicted octanol–water partition coefficient (Wildman–Crippen LogP) is 3.82. The fourth-order valence-electron chi connectivity index (χ4n) is 2.33. The molecular weight excluding hydrogens is 505 g/mol. The summed E-state index contributed by atoms with van der Waals surface area (Å²) in [6, 6.07) is 11.7. The Kier molecular flexibility index (Phi) is 6.04. The first kappa shape index (κ1) is 20.1. The maximum Gasteiger partial charge on any atom is 0.243 e. The molecule has 27 heavy (non-hydrogen) atoms. The molecule has 1 heterocycles. The Morgan fingerprint density at radius 1 is 1.26 bits per heavy atom. The van der Waals surface area contributed by atoms with Crippen molar-refractivity contribution in [3.63, 3.8) is 0 Å². The van der Waals surface area contributed by atoms with Gasteiger partial charge in [0.05, 0.1) is 22.1 Å². The van der Waals surface area contributed by atoms with Gasteiger partial charge in [-0.15, -0.1) is 0 Å². The van der Waals surface area contributed by atoms with Gasteiger partial charge in [0, 0.05) is 17.6 Å². The molecule has 0 saturated heterocycles. The number of benzene rings is 2. The second kappa shape index (κ2) is 8.13. The maximum atomic E-state index is 12.8. The highest BCUT2D eigenvalue weighted by Gasteiger charge is 2.24. The highest BCUT2D eigenvalue weighted by Crippen LogP contribution is 2.26. The molecule has 0 atom stereocenters. The minimum atomic E-state index is -3.72.